The average molecular weight is 151 g/mol. The van der Waals surface area contributed by atoms with Gasteiger partial charge in [0.15, 0.2) is 0 Å². The molecule has 3 nitrogen and oxygen atoms in total. The summed E-state index contributed by atoms with van der Waals surface area (Å²) in [7, 11) is 0. The Hall–Kier alpha value is -1.35. The van der Waals surface area contributed by atoms with E-state index >= 15 is 0 Å². The monoisotopic (exact) mass is 151 g/mol. The van der Waals surface area contributed by atoms with Crippen LogP contribution in [-0.2, 0) is 0 Å². The minimum atomic E-state index is -0.350. The molecule has 0 aliphatic rings. The molecule has 0 fully saturated rings. The Morgan fingerprint density at radius 3 is 2.55 bits per heavy atom. The molecule has 0 saturated heterocycles. The summed E-state index contributed by atoms with van der Waals surface area (Å²) in [6.45, 7) is -0.350. The SMILES string of the molecule is N=C(CO)c1ccccc1O. The second-order valence-electron chi connectivity index (χ2n) is 2.15. The third kappa shape index (κ3) is 1.56. The smallest absolute Gasteiger partial charge is 0.124 e. The molecule has 0 saturated carbocycles. The van der Waals surface area contributed by atoms with E-state index in [9.17, 15) is 0 Å². The fourth-order valence-corrected chi connectivity index (χ4v) is 0.814. The van der Waals surface area contributed by atoms with E-state index in [0.29, 0.717) is 5.56 Å². The van der Waals surface area contributed by atoms with Gasteiger partial charge in [-0.15, -0.1) is 0 Å². The van der Waals surface area contributed by atoms with Crippen LogP contribution in [-0.4, -0.2) is 22.5 Å². The van der Waals surface area contributed by atoms with Crippen molar-refractivity contribution < 1.29 is 10.2 Å². The van der Waals surface area contributed by atoms with Gasteiger partial charge in [-0.25, -0.2) is 0 Å². The summed E-state index contributed by atoms with van der Waals surface area (Å²) < 4.78 is 0. The number of rotatable bonds is 2. The maximum Gasteiger partial charge on any atom is 0.124 e. The lowest BCUT2D eigenvalue weighted by atomic mass is 10.1. The Balaban J connectivity index is 3.03. The summed E-state index contributed by atoms with van der Waals surface area (Å²) in [5, 5.41) is 24.9. The van der Waals surface area contributed by atoms with E-state index < -0.39 is 0 Å². The third-order valence-corrected chi connectivity index (χ3v) is 1.39. The van der Waals surface area contributed by atoms with Gasteiger partial charge in [-0.3, -0.25) is 0 Å². The summed E-state index contributed by atoms with van der Waals surface area (Å²) >= 11 is 0. The highest BCUT2D eigenvalue weighted by atomic mass is 16.3. The van der Waals surface area contributed by atoms with Gasteiger partial charge in [0.1, 0.15) is 5.75 Å². The van der Waals surface area contributed by atoms with Crippen molar-refractivity contribution in [3.8, 4) is 5.75 Å². The van der Waals surface area contributed by atoms with Crippen LogP contribution in [0.2, 0.25) is 0 Å². The van der Waals surface area contributed by atoms with Gasteiger partial charge in [-0.1, -0.05) is 12.1 Å². The van der Waals surface area contributed by atoms with Crippen LogP contribution in [0.5, 0.6) is 5.75 Å². The zero-order chi connectivity index (χ0) is 8.27. The summed E-state index contributed by atoms with van der Waals surface area (Å²) in [6.07, 6.45) is 0. The van der Waals surface area contributed by atoms with E-state index in [0.717, 1.165) is 0 Å². The first kappa shape index (κ1) is 7.75. The maximum absolute atomic E-state index is 9.16. The molecule has 1 aromatic carbocycles. The number of benzene rings is 1. The van der Waals surface area contributed by atoms with Gasteiger partial charge in [0.2, 0.25) is 0 Å². The lowest BCUT2D eigenvalue weighted by Crippen LogP contribution is -2.03. The topological polar surface area (TPSA) is 64.3 Å². The van der Waals surface area contributed by atoms with E-state index in [4.69, 9.17) is 15.6 Å². The minimum Gasteiger partial charge on any atom is -0.507 e. The van der Waals surface area contributed by atoms with E-state index in [2.05, 4.69) is 0 Å². The van der Waals surface area contributed by atoms with Crippen LogP contribution in [0.1, 0.15) is 5.56 Å². The molecule has 3 N–H and O–H groups in total. The van der Waals surface area contributed by atoms with Gasteiger partial charge in [-0.05, 0) is 12.1 Å². The number of hydrogen-bond donors (Lipinski definition) is 3. The van der Waals surface area contributed by atoms with Gasteiger partial charge in [0, 0.05) is 5.56 Å². The van der Waals surface area contributed by atoms with Crippen LogP contribution in [0.3, 0.4) is 0 Å². The lowest BCUT2D eigenvalue weighted by molar-refractivity contribution is 0.356. The fourth-order valence-electron chi connectivity index (χ4n) is 0.814. The van der Waals surface area contributed by atoms with Crippen LogP contribution < -0.4 is 0 Å². The number of nitrogens with one attached hydrogen (secondary N) is 1. The predicted octanol–water partition coefficient (Wildman–Crippen LogP) is 0.752. The summed E-state index contributed by atoms with van der Waals surface area (Å²) in [6, 6.07) is 6.45. The Kier molecular flexibility index (Phi) is 2.23. The number of aliphatic hydroxyl groups is 1. The van der Waals surface area contributed by atoms with Gasteiger partial charge in [0.05, 0.1) is 12.3 Å². The normalized spacial score (nSPS) is 9.55. The zero-order valence-electron chi connectivity index (χ0n) is 5.91. The van der Waals surface area contributed by atoms with Crippen molar-refractivity contribution in [2.45, 2.75) is 0 Å². The van der Waals surface area contributed by atoms with Crippen LogP contribution >= 0.6 is 0 Å². The molecular weight excluding hydrogens is 142 g/mol. The van der Waals surface area contributed by atoms with Crippen molar-refractivity contribution in [2.75, 3.05) is 6.61 Å². The molecule has 0 aromatic heterocycles. The highest BCUT2D eigenvalue weighted by molar-refractivity contribution is 6.01. The Morgan fingerprint density at radius 2 is 2.00 bits per heavy atom. The van der Waals surface area contributed by atoms with E-state index in [1.807, 2.05) is 0 Å². The molecule has 0 radical (unpaired) electrons. The molecule has 0 atom stereocenters. The maximum atomic E-state index is 9.16. The summed E-state index contributed by atoms with van der Waals surface area (Å²) in [4.78, 5) is 0. The van der Waals surface area contributed by atoms with Gasteiger partial charge in [0.25, 0.3) is 0 Å². The third-order valence-electron chi connectivity index (χ3n) is 1.39. The molecule has 1 aromatic rings. The number of aliphatic hydroxyl groups excluding tert-OH is 1. The molecule has 0 unspecified atom stereocenters. The van der Waals surface area contributed by atoms with Crippen LogP contribution in [0.25, 0.3) is 0 Å². The van der Waals surface area contributed by atoms with Crippen molar-refractivity contribution in [1.29, 1.82) is 5.41 Å². The second-order valence-corrected chi connectivity index (χ2v) is 2.15. The van der Waals surface area contributed by atoms with Gasteiger partial charge < -0.3 is 15.6 Å². The molecule has 11 heavy (non-hydrogen) atoms. The van der Waals surface area contributed by atoms with Gasteiger partial charge in [-0.2, -0.15) is 0 Å². The van der Waals surface area contributed by atoms with Crippen molar-refractivity contribution in [2.24, 2.45) is 0 Å². The first-order valence-electron chi connectivity index (χ1n) is 3.22. The Labute approximate surface area is 64.4 Å². The zero-order valence-corrected chi connectivity index (χ0v) is 5.91. The molecule has 0 bridgehead atoms. The summed E-state index contributed by atoms with van der Waals surface area (Å²) in [5.41, 5.74) is 0.415. The predicted molar refractivity (Wildman–Crippen MR) is 42.0 cm³/mol. The first-order chi connectivity index (χ1) is 5.25. The van der Waals surface area contributed by atoms with Crippen molar-refractivity contribution >= 4 is 5.71 Å². The number of phenolic OH excluding ortho intramolecular Hbond substituents is 1. The standard InChI is InChI=1S/C8H9NO2/c9-7(5-10)6-3-1-2-4-8(6)11/h1-4,9-11H,5H2. The Bertz CT molecular complexity index is 271. The quantitative estimate of drug-likeness (QED) is 0.546. The molecular formula is C8H9NO2. The molecule has 0 amide bonds. The second kappa shape index (κ2) is 3.16. The van der Waals surface area contributed by atoms with Crippen molar-refractivity contribution in [1.82, 2.24) is 0 Å². The molecule has 1 rings (SSSR count). The van der Waals surface area contributed by atoms with Gasteiger partial charge >= 0.3 is 0 Å². The number of hydrogen-bond acceptors (Lipinski definition) is 3. The minimum absolute atomic E-state index is 0.0306. The van der Waals surface area contributed by atoms with Crippen molar-refractivity contribution in [3.05, 3.63) is 29.8 Å². The highest BCUT2D eigenvalue weighted by Gasteiger charge is 2.03. The van der Waals surface area contributed by atoms with Crippen LogP contribution in [0.15, 0.2) is 24.3 Å². The first-order valence-corrected chi connectivity index (χ1v) is 3.22. The molecule has 3 heteroatoms. The molecule has 0 aliphatic carbocycles. The average Bonchev–Trinajstić information content (AvgIpc) is 2.04. The van der Waals surface area contributed by atoms with E-state index in [-0.39, 0.29) is 18.1 Å². The Morgan fingerprint density at radius 1 is 1.36 bits per heavy atom. The van der Waals surface area contributed by atoms with Crippen LogP contribution in [0, 0.1) is 5.41 Å². The van der Waals surface area contributed by atoms with Crippen molar-refractivity contribution in [3.63, 3.8) is 0 Å². The largest absolute Gasteiger partial charge is 0.507 e. The molecule has 0 spiro atoms. The number of aromatic hydroxyl groups is 1. The summed E-state index contributed by atoms with van der Waals surface area (Å²) in [5.74, 6) is 0.0338. The molecule has 0 heterocycles. The van der Waals surface area contributed by atoms with E-state index in [1.54, 1.807) is 18.2 Å². The van der Waals surface area contributed by atoms with Crippen LogP contribution in [0.4, 0.5) is 0 Å². The van der Waals surface area contributed by atoms with E-state index in [1.165, 1.54) is 6.07 Å². The number of phenols is 1. The lowest BCUT2D eigenvalue weighted by Gasteiger charge is -2.01. The molecule has 58 valence electrons. The highest BCUT2D eigenvalue weighted by Crippen LogP contribution is 2.15. The fraction of sp³-hybridized carbons (Fsp3) is 0.125. The molecule has 0 aliphatic heterocycles. The number of para-hydroxylation sites is 1.